The van der Waals surface area contributed by atoms with Gasteiger partial charge in [-0.1, -0.05) is 32.6 Å². The van der Waals surface area contributed by atoms with Crippen LogP contribution < -0.4 is 5.32 Å². The second kappa shape index (κ2) is 7.52. The maximum Gasteiger partial charge on any atom is 0.164 e. The summed E-state index contributed by atoms with van der Waals surface area (Å²) in [7, 11) is 0. The molecule has 0 radical (unpaired) electrons. The second-order valence-electron chi connectivity index (χ2n) is 5.94. The van der Waals surface area contributed by atoms with E-state index in [1.54, 1.807) is 0 Å². The minimum absolute atomic E-state index is 0.117. The van der Waals surface area contributed by atoms with Crippen LogP contribution in [0.15, 0.2) is 6.33 Å². The lowest BCUT2D eigenvalue weighted by molar-refractivity contribution is 0.416. The number of aryl methyl sites for hydroxylation is 1. The molecule has 0 aliphatic carbocycles. The number of rotatable bonds is 8. The van der Waals surface area contributed by atoms with Crippen molar-refractivity contribution in [3.8, 4) is 0 Å². The van der Waals surface area contributed by atoms with E-state index in [0.717, 1.165) is 18.9 Å². The van der Waals surface area contributed by atoms with Gasteiger partial charge in [0.25, 0.3) is 0 Å². The Morgan fingerprint density at radius 3 is 2.56 bits per heavy atom. The van der Waals surface area contributed by atoms with Crippen LogP contribution in [0.25, 0.3) is 0 Å². The van der Waals surface area contributed by atoms with Gasteiger partial charge in [0.05, 0.1) is 6.54 Å². The molecule has 18 heavy (non-hydrogen) atoms. The molecule has 1 rings (SSSR count). The zero-order valence-corrected chi connectivity index (χ0v) is 12.4. The Bertz CT molecular complexity index is 325. The molecule has 1 aromatic heterocycles. The molecule has 0 amide bonds. The van der Waals surface area contributed by atoms with E-state index in [1.165, 1.54) is 32.1 Å². The summed E-state index contributed by atoms with van der Waals surface area (Å²) in [6.07, 6.45) is 8.33. The normalized spacial score (nSPS) is 12.0. The summed E-state index contributed by atoms with van der Waals surface area (Å²) < 4.78 is 1.96. The molecule has 0 spiro atoms. The van der Waals surface area contributed by atoms with E-state index in [-0.39, 0.29) is 5.54 Å². The van der Waals surface area contributed by atoms with Crippen LogP contribution in [0, 0.1) is 0 Å². The molecule has 104 valence electrons. The van der Waals surface area contributed by atoms with Crippen molar-refractivity contribution in [2.45, 2.75) is 78.4 Å². The Kier molecular flexibility index (Phi) is 6.33. The second-order valence-corrected chi connectivity index (χ2v) is 5.94. The van der Waals surface area contributed by atoms with Gasteiger partial charge in [-0.2, -0.15) is 5.10 Å². The number of nitrogens with one attached hydrogen (secondary N) is 1. The number of unbranched alkanes of at least 4 members (excludes halogenated alkanes) is 4. The third-order valence-electron chi connectivity index (χ3n) is 2.85. The van der Waals surface area contributed by atoms with E-state index >= 15 is 0 Å². The fraction of sp³-hybridized carbons (Fsp3) is 0.857. The summed E-state index contributed by atoms with van der Waals surface area (Å²) in [5.74, 6) is 0.887. The maximum atomic E-state index is 4.47. The van der Waals surface area contributed by atoms with Crippen molar-refractivity contribution in [3.63, 3.8) is 0 Å². The zero-order chi connectivity index (χ0) is 13.4. The van der Waals surface area contributed by atoms with Gasteiger partial charge in [0.15, 0.2) is 5.82 Å². The molecule has 4 nitrogen and oxygen atoms in total. The van der Waals surface area contributed by atoms with Crippen molar-refractivity contribution < 1.29 is 0 Å². The van der Waals surface area contributed by atoms with Gasteiger partial charge in [0, 0.05) is 12.1 Å². The molecule has 1 heterocycles. The summed E-state index contributed by atoms with van der Waals surface area (Å²) in [5, 5.41) is 7.87. The largest absolute Gasteiger partial charge is 0.305 e. The minimum Gasteiger partial charge on any atom is -0.305 e. The standard InChI is InChI=1S/C14H28N4/c1-5-6-7-8-9-10-18-12-15-13(17-18)11-16-14(2,3)4/h12,16H,5-11H2,1-4H3. The van der Waals surface area contributed by atoms with Crippen LogP contribution in [-0.4, -0.2) is 20.3 Å². The SMILES string of the molecule is CCCCCCCn1cnc(CNC(C)(C)C)n1. The number of hydrogen-bond acceptors (Lipinski definition) is 3. The van der Waals surface area contributed by atoms with Gasteiger partial charge in [-0.15, -0.1) is 0 Å². The first kappa shape index (κ1) is 15.2. The average molecular weight is 252 g/mol. The Hall–Kier alpha value is -0.900. The lowest BCUT2D eigenvalue weighted by atomic mass is 10.1. The lowest BCUT2D eigenvalue weighted by Gasteiger charge is -2.19. The predicted octanol–water partition coefficient (Wildman–Crippen LogP) is 3.14. The van der Waals surface area contributed by atoms with Crippen LogP contribution in [0.1, 0.15) is 65.6 Å². The fourth-order valence-electron chi connectivity index (χ4n) is 1.74. The van der Waals surface area contributed by atoms with E-state index in [2.05, 4.69) is 43.1 Å². The lowest BCUT2D eigenvalue weighted by Crippen LogP contribution is -2.35. The molecule has 0 aromatic carbocycles. The van der Waals surface area contributed by atoms with E-state index < -0.39 is 0 Å². The van der Waals surface area contributed by atoms with Crippen molar-refractivity contribution in [1.82, 2.24) is 20.1 Å². The maximum absolute atomic E-state index is 4.47. The van der Waals surface area contributed by atoms with Crippen molar-refractivity contribution in [3.05, 3.63) is 12.2 Å². The van der Waals surface area contributed by atoms with Crippen LogP contribution >= 0.6 is 0 Å². The van der Waals surface area contributed by atoms with Crippen molar-refractivity contribution in [1.29, 1.82) is 0 Å². The Morgan fingerprint density at radius 1 is 1.17 bits per heavy atom. The molecule has 0 saturated carbocycles. The summed E-state index contributed by atoms with van der Waals surface area (Å²) in [6, 6.07) is 0. The molecule has 0 fully saturated rings. The third kappa shape index (κ3) is 6.74. The van der Waals surface area contributed by atoms with Crippen molar-refractivity contribution >= 4 is 0 Å². The highest BCUT2D eigenvalue weighted by atomic mass is 15.3. The van der Waals surface area contributed by atoms with Crippen LogP contribution in [0.2, 0.25) is 0 Å². The molecule has 0 atom stereocenters. The molecular weight excluding hydrogens is 224 g/mol. The predicted molar refractivity (Wildman–Crippen MR) is 75.4 cm³/mol. The van der Waals surface area contributed by atoms with Crippen LogP contribution in [0.4, 0.5) is 0 Å². The number of hydrogen-bond donors (Lipinski definition) is 1. The quantitative estimate of drug-likeness (QED) is 0.723. The van der Waals surface area contributed by atoms with Crippen LogP contribution in [0.5, 0.6) is 0 Å². The average Bonchev–Trinajstić information content (AvgIpc) is 2.73. The highest BCUT2D eigenvalue weighted by molar-refractivity contribution is 4.83. The van der Waals surface area contributed by atoms with Crippen molar-refractivity contribution in [2.24, 2.45) is 0 Å². The monoisotopic (exact) mass is 252 g/mol. The van der Waals surface area contributed by atoms with E-state index in [1.807, 2.05) is 11.0 Å². The van der Waals surface area contributed by atoms with Crippen LogP contribution in [0.3, 0.4) is 0 Å². The molecule has 1 N–H and O–H groups in total. The third-order valence-corrected chi connectivity index (χ3v) is 2.85. The summed E-state index contributed by atoms with van der Waals surface area (Å²) >= 11 is 0. The Morgan fingerprint density at radius 2 is 1.89 bits per heavy atom. The highest BCUT2D eigenvalue weighted by Crippen LogP contribution is 2.04. The van der Waals surface area contributed by atoms with E-state index in [9.17, 15) is 0 Å². The highest BCUT2D eigenvalue weighted by Gasteiger charge is 2.10. The molecule has 0 aliphatic heterocycles. The molecular formula is C14H28N4. The topological polar surface area (TPSA) is 42.7 Å². The first-order valence-corrected chi connectivity index (χ1v) is 7.14. The first-order chi connectivity index (χ1) is 8.51. The van der Waals surface area contributed by atoms with Gasteiger partial charge in [-0.05, 0) is 27.2 Å². The van der Waals surface area contributed by atoms with Gasteiger partial charge < -0.3 is 5.32 Å². The Labute approximate surface area is 111 Å². The van der Waals surface area contributed by atoms with Gasteiger partial charge >= 0.3 is 0 Å². The zero-order valence-electron chi connectivity index (χ0n) is 12.4. The van der Waals surface area contributed by atoms with Crippen LogP contribution in [-0.2, 0) is 13.1 Å². The molecule has 4 heteroatoms. The number of aromatic nitrogens is 3. The van der Waals surface area contributed by atoms with Gasteiger partial charge in [0.2, 0.25) is 0 Å². The fourth-order valence-corrected chi connectivity index (χ4v) is 1.74. The molecule has 0 aliphatic rings. The minimum atomic E-state index is 0.117. The Balaban J connectivity index is 2.22. The summed E-state index contributed by atoms with van der Waals surface area (Å²) in [6.45, 7) is 10.4. The van der Waals surface area contributed by atoms with Gasteiger partial charge in [-0.25, -0.2) is 4.98 Å². The van der Waals surface area contributed by atoms with Crippen molar-refractivity contribution in [2.75, 3.05) is 0 Å². The molecule has 0 saturated heterocycles. The van der Waals surface area contributed by atoms with E-state index in [4.69, 9.17) is 0 Å². The summed E-state index contributed by atoms with van der Waals surface area (Å²) in [4.78, 5) is 4.32. The molecule has 0 bridgehead atoms. The summed E-state index contributed by atoms with van der Waals surface area (Å²) in [5.41, 5.74) is 0.117. The van der Waals surface area contributed by atoms with E-state index in [0.29, 0.717) is 0 Å². The molecule has 0 unspecified atom stereocenters. The van der Waals surface area contributed by atoms with Gasteiger partial charge in [0.1, 0.15) is 6.33 Å². The molecule has 1 aromatic rings. The number of nitrogens with zero attached hydrogens (tertiary/aromatic N) is 3. The first-order valence-electron chi connectivity index (χ1n) is 7.14. The van der Waals surface area contributed by atoms with Gasteiger partial charge in [-0.3, -0.25) is 4.68 Å². The smallest absolute Gasteiger partial charge is 0.164 e.